The minimum atomic E-state index is -0.0948. The number of hydrogen-bond acceptors (Lipinski definition) is 5. The molecule has 0 N–H and O–H groups in total. The molecule has 0 atom stereocenters. The van der Waals surface area contributed by atoms with E-state index in [2.05, 4.69) is 56.8 Å². The molecule has 33 heavy (non-hydrogen) atoms. The zero-order valence-electron chi connectivity index (χ0n) is 20.2. The molecule has 0 saturated carbocycles. The van der Waals surface area contributed by atoms with Gasteiger partial charge in [0, 0.05) is 36.8 Å². The fraction of sp³-hybridized carbons (Fsp3) is 0.407. The van der Waals surface area contributed by atoms with Crippen molar-refractivity contribution in [3.63, 3.8) is 0 Å². The highest BCUT2D eigenvalue weighted by molar-refractivity contribution is 5.86. The van der Waals surface area contributed by atoms with Gasteiger partial charge >= 0.3 is 0 Å². The topological polar surface area (TPSA) is 54.0 Å². The number of aryl methyl sites for hydroxylation is 2. The van der Waals surface area contributed by atoms with Crippen molar-refractivity contribution < 1.29 is 4.42 Å². The van der Waals surface area contributed by atoms with E-state index in [1.807, 2.05) is 18.3 Å². The lowest BCUT2D eigenvalue weighted by Gasteiger charge is -2.36. The monoisotopic (exact) mass is 444 g/mol. The fourth-order valence-electron chi connectivity index (χ4n) is 5.27. The minimum absolute atomic E-state index is 0.0948. The Balaban J connectivity index is 1.50. The molecule has 6 heteroatoms. The van der Waals surface area contributed by atoms with E-state index < -0.39 is 0 Å². The van der Waals surface area contributed by atoms with Gasteiger partial charge in [-0.15, -0.1) is 0 Å². The van der Waals surface area contributed by atoms with Crippen LogP contribution in [0.1, 0.15) is 36.5 Å². The van der Waals surface area contributed by atoms with Gasteiger partial charge in [0.15, 0.2) is 5.76 Å². The van der Waals surface area contributed by atoms with E-state index in [0.717, 1.165) is 49.0 Å². The highest BCUT2D eigenvalue weighted by Gasteiger charge is 2.21. The second-order valence-electron chi connectivity index (χ2n) is 9.46. The first kappa shape index (κ1) is 21.7. The molecule has 1 fully saturated rings. The van der Waals surface area contributed by atoms with E-state index in [4.69, 9.17) is 9.40 Å². The molecule has 172 valence electrons. The molecule has 1 saturated heterocycles. The lowest BCUT2D eigenvalue weighted by molar-refractivity contribution is 0.249. The van der Waals surface area contributed by atoms with Gasteiger partial charge in [-0.1, -0.05) is 6.92 Å². The van der Waals surface area contributed by atoms with E-state index >= 15 is 0 Å². The van der Waals surface area contributed by atoms with Crippen LogP contribution in [0.5, 0.6) is 0 Å². The first-order valence-corrected chi connectivity index (χ1v) is 11.8. The average molecular weight is 445 g/mol. The zero-order chi connectivity index (χ0) is 23.3. The molecule has 4 heterocycles. The number of furan rings is 1. The number of anilines is 1. The largest absolute Gasteiger partial charge is 0.454 e. The third kappa shape index (κ3) is 3.82. The fourth-order valence-corrected chi connectivity index (χ4v) is 5.27. The number of piperidine rings is 1. The van der Waals surface area contributed by atoms with E-state index in [1.165, 1.54) is 16.7 Å². The molecule has 3 aromatic heterocycles. The second-order valence-corrected chi connectivity index (χ2v) is 9.46. The SMILES string of the molecule is CCc1c(C)cc2cc(-c3cc(=O)n4cc(N5CCC(N(C)C)CC5)ccc4n3)oc2c1C. The summed E-state index contributed by atoms with van der Waals surface area (Å²) in [5.41, 5.74) is 6.81. The van der Waals surface area contributed by atoms with Gasteiger partial charge in [-0.2, -0.15) is 0 Å². The van der Waals surface area contributed by atoms with E-state index in [0.29, 0.717) is 23.1 Å². The Morgan fingerprint density at radius 1 is 1.12 bits per heavy atom. The number of pyridine rings is 1. The van der Waals surface area contributed by atoms with Crippen LogP contribution in [0.25, 0.3) is 28.1 Å². The maximum Gasteiger partial charge on any atom is 0.258 e. The molecule has 0 spiro atoms. The molecule has 0 radical (unpaired) electrons. The summed E-state index contributed by atoms with van der Waals surface area (Å²) in [6.07, 6.45) is 5.14. The number of aromatic nitrogens is 2. The molecular formula is C27H32N4O2. The van der Waals surface area contributed by atoms with E-state index in [9.17, 15) is 4.79 Å². The van der Waals surface area contributed by atoms with Gasteiger partial charge in [-0.05, 0) is 88.2 Å². The van der Waals surface area contributed by atoms with Crippen molar-refractivity contribution in [3.05, 3.63) is 63.6 Å². The van der Waals surface area contributed by atoms with E-state index in [-0.39, 0.29) is 5.56 Å². The van der Waals surface area contributed by atoms with Crippen LogP contribution in [0.15, 0.2) is 45.7 Å². The Hall–Kier alpha value is -3.12. The molecule has 1 aliphatic rings. The Kier molecular flexibility index (Phi) is 5.49. The van der Waals surface area contributed by atoms with Crippen LogP contribution in [-0.2, 0) is 6.42 Å². The van der Waals surface area contributed by atoms with Crippen LogP contribution in [0.2, 0.25) is 0 Å². The molecule has 6 nitrogen and oxygen atoms in total. The van der Waals surface area contributed by atoms with E-state index in [1.54, 1.807) is 10.5 Å². The Morgan fingerprint density at radius 2 is 1.88 bits per heavy atom. The van der Waals surface area contributed by atoms with Gasteiger partial charge in [0.1, 0.15) is 16.9 Å². The second kappa shape index (κ2) is 8.34. The van der Waals surface area contributed by atoms with Crippen molar-refractivity contribution in [3.8, 4) is 11.5 Å². The average Bonchev–Trinajstić information content (AvgIpc) is 3.23. The van der Waals surface area contributed by atoms with Crippen molar-refractivity contribution in [2.75, 3.05) is 32.1 Å². The lowest BCUT2D eigenvalue weighted by Crippen LogP contribution is -2.42. The molecule has 0 unspecified atom stereocenters. The molecule has 0 aliphatic carbocycles. The highest BCUT2D eigenvalue weighted by atomic mass is 16.3. The van der Waals surface area contributed by atoms with Crippen molar-refractivity contribution in [1.82, 2.24) is 14.3 Å². The number of nitrogens with zero attached hydrogens (tertiary/aromatic N) is 4. The summed E-state index contributed by atoms with van der Waals surface area (Å²) < 4.78 is 7.85. The van der Waals surface area contributed by atoms with Gasteiger partial charge in [-0.3, -0.25) is 9.20 Å². The maximum atomic E-state index is 13.0. The number of benzene rings is 1. The summed E-state index contributed by atoms with van der Waals surface area (Å²) in [5, 5.41) is 1.05. The van der Waals surface area contributed by atoms with Crippen LogP contribution >= 0.6 is 0 Å². The third-order valence-electron chi connectivity index (χ3n) is 7.21. The van der Waals surface area contributed by atoms with Crippen LogP contribution in [0.4, 0.5) is 5.69 Å². The summed E-state index contributed by atoms with van der Waals surface area (Å²) in [7, 11) is 4.29. The minimum Gasteiger partial charge on any atom is -0.454 e. The van der Waals surface area contributed by atoms with Crippen molar-refractivity contribution >= 4 is 22.3 Å². The normalized spacial score (nSPS) is 15.3. The standard InChI is InChI=1S/C27H32N4O2/c1-6-22-17(2)13-19-14-24(33-27(19)18(22)3)23-15-26(32)31-16-21(7-8-25(31)28-23)30-11-9-20(10-12-30)29(4)5/h7-8,13-16,20H,6,9-12H2,1-5H3. The molecule has 5 rings (SSSR count). The van der Waals surface area contributed by atoms with Crippen molar-refractivity contribution in [1.29, 1.82) is 0 Å². The highest BCUT2D eigenvalue weighted by Crippen LogP contribution is 2.32. The van der Waals surface area contributed by atoms with Gasteiger partial charge < -0.3 is 14.2 Å². The molecule has 0 amide bonds. The van der Waals surface area contributed by atoms with Gasteiger partial charge in [0.2, 0.25) is 0 Å². The van der Waals surface area contributed by atoms with Crippen molar-refractivity contribution in [2.45, 2.75) is 46.1 Å². The Labute approximate surface area is 194 Å². The Morgan fingerprint density at radius 3 is 2.58 bits per heavy atom. The lowest BCUT2D eigenvalue weighted by atomic mass is 9.98. The zero-order valence-corrected chi connectivity index (χ0v) is 20.2. The molecule has 1 aromatic carbocycles. The summed E-state index contributed by atoms with van der Waals surface area (Å²) in [4.78, 5) is 22.5. The number of rotatable bonds is 4. The van der Waals surface area contributed by atoms with Crippen LogP contribution in [-0.4, -0.2) is 47.5 Å². The summed E-state index contributed by atoms with van der Waals surface area (Å²) >= 11 is 0. The van der Waals surface area contributed by atoms with Crippen molar-refractivity contribution in [2.24, 2.45) is 0 Å². The molecule has 4 aromatic rings. The molecule has 1 aliphatic heterocycles. The third-order valence-corrected chi connectivity index (χ3v) is 7.21. The Bertz CT molecular complexity index is 1390. The van der Waals surface area contributed by atoms with Gasteiger partial charge in [-0.25, -0.2) is 4.98 Å². The first-order valence-electron chi connectivity index (χ1n) is 11.8. The maximum absolute atomic E-state index is 13.0. The predicted molar refractivity (Wildman–Crippen MR) is 134 cm³/mol. The molecule has 0 bridgehead atoms. The predicted octanol–water partition coefficient (Wildman–Crippen LogP) is 4.82. The smallest absolute Gasteiger partial charge is 0.258 e. The quantitative estimate of drug-likeness (QED) is 0.452. The first-order chi connectivity index (χ1) is 15.9. The number of fused-ring (bicyclic) bond motifs is 2. The molecular weight excluding hydrogens is 412 g/mol. The van der Waals surface area contributed by atoms with Crippen LogP contribution in [0.3, 0.4) is 0 Å². The summed E-state index contributed by atoms with van der Waals surface area (Å²) in [6, 6.07) is 10.4. The van der Waals surface area contributed by atoms with Gasteiger partial charge in [0.25, 0.3) is 5.56 Å². The summed E-state index contributed by atoms with van der Waals surface area (Å²) in [5.74, 6) is 0.634. The number of hydrogen-bond donors (Lipinski definition) is 0. The van der Waals surface area contributed by atoms with Gasteiger partial charge in [0.05, 0.1) is 5.69 Å². The summed E-state index contributed by atoms with van der Waals surface area (Å²) in [6.45, 7) is 8.39. The van der Waals surface area contributed by atoms with Crippen LogP contribution in [0, 0.1) is 13.8 Å². The van der Waals surface area contributed by atoms with Crippen LogP contribution < -0.4 is 10.5 Å².